The molecule has 2 aliphatic heterocycles. The molecule has 1 amide bonds. The normalized spacial score (nSPS) is 20.4. The highest BCUT2D eigenvalue weighted by Crippen LogP contribution is 2.33. The minimum atomic E-state index is -0.761. The second kappa shape index (κ2) is 9.95. The number of fused-ring (bicyclic) bond motifs is 1. The Balaban J connectivity index is 1.77. The van der Waals surface area contributed by atoms with Crippen LogP contribution in [0.4, 0.5) is 5.69 Å². The molecule has 2 heterocycles. The van der Waals surface area contributed by atoms with E-state index in [4.69, 9.17) is 32.1 Å². The summed E-state index contributed by atoms with van der Waals surface area (Å²) >= 11 is 6.12. The molecule has 0 aliphatic carbocycles. The summed E-state index contributed by atoms with van der Waals surface area (Å²) in [6.45, 7) is 3.38. The molecule has 0 saturated carbocycles. The number of carbonyl (C=O) groups excluding carboxylic acids is 1. The molecule has 8 nitrogen and oxygen atoms in total. The highest BCUT2D eigenvalue weighted by Gasteiger charge is 2.33. The van der Waals surface area contributed by atoms with Crippen molar-refractivity contribution < 1.29 is 9.53 Å². The third-order valence-corrected chi connectivity index (χ3v) is 6.38. The van der Waals surface area contributed by atoms with Gasteiger partial charge in [-0.3, -0.25) is 25.5 Å². The number of aliphatic imine (C=N–C) groups is 1. The van der Waals surface area contributed by atoms with Gasteiger partial charge in [0, 0.05) is 28.7 Å². The summed E-state index contributed by atoms with van der Waals surface area (Å²) in [6, 6.07) is 12.1. The number of amidine groups is 2. The average Bonchev–Trinajstić information content (AvgIpc) is 3.16. The maximum Gasteiger partial charge on any atom is 0.222 e. The number of likely N-dealkylation sites (tertiary alicyclic amines) is 1. The van der Waals surface area contributed by atoms with Gasteiger partial charge >= 0.3 is 0 Å². The lowest BCUT2D eigenvalue weighted by Crippen LogP contribution is -2.44. The topological polar surface area (TPSA) is 105 Å². The van der Waals surface area contributed by atoms with E-state index >= 15 is 0 Å². The molecule has 9 heteroatoms. The second-order valence-corrected chi connectivity index (χ2v) is 9.15. The van der Waals surface area contributed by atoms with E-state index in [9.17, 15) is 4.79 Å². The number of amides is 1. The number of carbonyl (C=O) groups is 1. The van der Waals surface area contributed by atoms with Gasteiger partial charge in [-0.25, -0.2) is 0 Å². The molecule has 2 atom stereocenters. The molecular formula is C25H29ClN6O2. The predicted molar refractivity (Wildman–Crippen MR) is 136 cm³/mol. The summed E-state index contributed by atoms with van der Waals surface area (Å²) in [7, 11) is 3.62. The number of rotatable bonds is 5. The van der Waals surface area contributed by atoms with E-state index in [2.05, 4.69) is 10.2 Å². The van der Waals surface area contributed by atoms with Crippen LogP contribution in [-0.4, -0.2) is 67.5 Å². The minimum absolute atomic E-state index is 0.0189. The lowest BCUT2D eigenvalue weighted by atomic mass is 9.99. The Bertz CT molecular complexity index is 1150. The van der Waals surface area contributed by atoms with Crippen molar-refractivity contribution in [2.75, 3.05) is 32.1 Å². The highest BCUT2D eigenvalue weighted by molar-refractivity contribution is 6.31. The number of anilines is 1. The van der Waals surface area contributed by atoms with E-state index in [1.165, 1.54) is 0 Å². The summed E-state index contributed by atoms with van der Waals surface area (Å²) in [4.78, 5) is 21.6. The number of benzodiazepines with no additional fused rings is 1. The van der Waals surface area contributed by atoms with Gasteiger partial charge in [-0.15, -0.1) is 0 Å². The molecule has 1 unspecified atom stereocenters. The van der Waals surface area contributed by atoms with Gasteiger partial charge < -0.3 is 15.0 Å². The molecule has 0 aromatic heterocycles. The van der Waals surface area contributed by atoms with Crippen molar-refractivity contribution in [3.8, 4) is 5.75 Å². The Hall–Kier alpha value is -3.23. The molecule has 0 spiro atoms. The first-order valence-corrected chi connectivity index (χ1v) is 11.6. The Labute approximate surface area is 204 Å². The van der Waals surface area contributed by atoms with Crippen LogP contribution in [0, 0.1) is 10.8 Å². The third-order valence-electron chi connectivity index (χ3n) is 6.13. The first-order chi connectivity index (χ1) is 16.3. The van der Waals surface area contributed by atoms with Crippen molar-refractivity contribution in [2.24, 2.45) is 4.99 Å². The van der Waals surface area contributed by atoms with Crippen LogP contribution in [0.25, 0.3) is 0 Å². The number of hydrogen-bond acceptors (Lipinski definition) is 6. The van der Waals surface area contributed by atoms with Gasteiger partial charge in [-0.1, -0.05) is 23.7 Å². The zero-order valence-electron chi connectivity index (χ0n) is 19.6. The Morgan fingerprint density at radius 1 is 1.26 bits per heavy atom. The Morgan fingerprint density at radius 2 is 2.00 bits per heavy atom. The summed E-state index contributed by atoms with van der Waals surface area (Å²) in [5, 5.41) is 21.0. The van der Waals surface area contributed by atoms with Crippen molar-refractivity contribution in [1.29, 1.82) is 10.8 Å². The monoisotopic (exact) mass is 480 g/mol. The van der Waals surface area contributed by atoms with E-state index < -0.39 is 6.04 Å². The number of likely N-dealkylation sites (N-methyl/N-ethyl adjacent to an activating group) is 1. The van der Waals surface area contributed by atoms with Crippen LogP contribution < -0.4 is 15.0 Å². The van der Waals surface area contributed by atoms with Gasteiger partial charge in [-0.2, -0.15) is 0 Å². The van der Waals surface area contributed by atoms with Crippen molar-refractivity contribution in [3.05, 3.63) is 58.6 Å². The summed E-state index contributed by atoms with van der Waals surface area (Å²) in [6.07, 6.45) is 0.922. The van der Waals surface area contributed by atoms with Gasteiger partial charge in [0.05, 0.1) is 24.9 Å². The SMILES string of the molecule is COc1ccc2c(c1)C(c1ccc(Cl)cc1)=N[C@@H](CC(=O)NC1CCN(C)C1)C(=N)N2C(C)=N. The van der Waals surface area contributed by atoms with Gasteiger partial charge in [0.15, 0.2) is 0 Å². The van der Waals surface area contributed by atoms with Gasteiger partial charge in [0.2, 0.25) is 5.91 Å². The number of halogens is 1. The number of ether oxygens (including phenoxy) is 1. The standard InChI is InChI=1S/C25H29ClN6O2/c1-15(27)32-22-9-8-19(34-3)12-20(22)24(16-4-6-17(26)7-5-16)30-21(25(32)28)13-23(33)29-18-10-11-31(2)14-18/h4-9,12,18,21,27-28H,10-11,13-14H2,1-3H3,(H,29,33)/t18?,21-/m0/s1. The molecule has 1 saturated heterocycles. The van der Waals surface area contributed by atoms with Crippen LogP contribution in [0.15, 0.2) is 47.5 Å². The van der Waals surface area contributed by atoms with E-state index in [0.29, 0.717) is 22.2 Å². The second-order valence-electron chi connectivity index (χ2n) is 8.71. The van der Waals surface area contributed by atoms with Crippen molar-refractivity contribution in [1.82, 2.24) is 10.2 Å². The first kappa shape index (κ1) is 23.9. The zero-order chi connectivity index (χ0) is 24.4. The number of methoxy groups -OCH3 is 1. The number of benzene rings is 2. The fourth-order valence-corrected chi connectivity index (χ4v) is 4.57. The molecule has 4 rings (SSSR count). The lowest BCUT2D eigenvalue weighted by molar-refractivity contribution is -0.121. The largest absolute Gasteiger partial charge is 0.497 e. The number of nitrogens with zero attached hydrogens (tertiary/aromatic N) is 3. The molecular weight excluding hydrogens is 452 g/mol. The summed E-state index contributed by atoms with van der Waals surface area (Å²) < 4.78 is 5.45. The van der Waals surface area contributed by atoms with E-state index in [1.54, 1.807) is 37.1 Å². The van der Waals surface area contributed by atoms with E-state index in [-0.39, 0.29) is 30.0 Å². The summed E-state index contributed by atoms with van der Waals surface area (Å²) in [5.74, 6) is 0.741. The van der Waals surface area contributed by atoms with Crippen LogP contribution in [0.2, 0.25) is 5.02 Å². The number of nitrogens with one attached hydrogen (secondary N) is 3. The first-order valence-electron chi connectivity index (χ1n) is 11.2. The van der Waals surface area contributed by atoms with Crippen LogP contribution in [0.5, 0.6) is 5.75 Å². The molecule has 2 aromatic rings. The quantitative estimate of drug-likeness (QED) is 0.449. The average molecular weight is 481 g/mol. The van der Waals surface area contributed by atoms with E-state index in [1.807, 2.05) is 31.3 Å². The van der Waals surface area contributed by atoms with Gasteiger partial charge in [-0.05, 0) is 57.3 Å². The number of hydrogen-bond donors (Lipinski definition) is 3. The smallest absolute Gasteiger partial charge is 0.222 e. The van der Waals surface area contributed by atoms with Gasteiger partial charge in [0.25, 0.3) is 0 Å². The van der Waals surface area contributed by atoms with Crippen molar-refractivity contribution in [3.63, 3.8) is 0 Å². The summed E-state index contributed by atoms with van der Waals surface area (Å²) in [5.41, 5.74) is 2.79. The van der Waals surface area contributed by atoms with Crippen LogP contribution in [0.3, 0.4) is 0 Å². The molecule has 2 aromatic carbocycles. The fourth-order valence-electron chi connectivity index (χ4n) is 4.45. The van der Waals surface area contributed by atoms with Crippen LogP contribution >= 0.6 is 11.6 Å². The molecule has 0 radical (unpaired) electrons. The van der Waals surface area contributed by atoms with Crippen molar-refractivity contribution in [2.45, 2.75) is 31.8 Å². The van der Waals surface area contributed by atoms with Crippen LogP contribution in [0.1, 0.15) is 30.9 Å². The van der Waals surface area contributed by atoms with Gasteiger partial charge in [0.1, 0.15) is 23.5 Å². The molecule has 34 heavy (non-hydrogen) atoms. The molecule has 2 aliphatic rings. The fraction of sp³-hybridized carbons (Fsp3) is 0.360. The lowest BCUT2D eigenvalue weighted by Gasteiger charge is -2.26. The zero-order valence-corrected chi connectivity index (χ0v) is 20.3. The predicted octanol–water partition coefficient (Wildman–Crippen LogP) is 3.56. The minimum Gasteiger partial charge on any atom is -0.497 e. The van der Waals surface area contributed by atoms with E-state index in [0.717, 1.165) is 30.6 Å². The third kappa shape index (κ3) is 4.98. The maximum absolute atomic E-state index is 13.0. The molecule has 3 N–H and O–H groups in total. The Kier molecular flexibility index (Phi) is 7.00. The molecule has 0 bridgehead atoms. The molecule has 178 valence electrons. The highest BCUT2D eigenvalue weighted by atomic mass is 35.5. The molecule has 1 fully saturated rings. The maximum atomic E-state index is 13.0. The van der Waals surface area contributed by atoms with Crippen molar-refractivity contribution >= 4 is 40.6 Å². The van der Waals surface area contributed by atoms with Crippen LogP contribution in [-0.2, 0) is 4.79 Å². The Morgan fingerprint density at radius 3 is 2.62 bits per heavy atom.